The quantitative estimate of drug-likeness (QED) is 0.724. The Morgan fingerprint density at radius 2 is 2.10 bits per heavy atom. The van der Waals surface area contributed by atoms with E-state index in [0.29, 0.717) is 19.7 Å². The summed E-state index contributed by atoms with van der Waals surface area (Å²) in [4.78, 5) is 0. The highest BCUT2D eigenvalue weighted by Crippen LogP contribution is 2.28. The van der Waals surface area contributed by atoms with Gasteiger partial charge in [-0.3, -0.25) is 0 Å². The molecule has 0 radical (unpaired) electrons. The van der Waals surface area contributed by atoms with E-state index >= 15 is 0 Å². The van der Waals surface area contributed by atoms with E-state index in [9.17, 15) is 0 Å². The molecule has 20 heavy (non-hydrogen) atoms. The molecule has 0 aliphatic carbocycles. The van der Waals surface area contributed by atoms with Crippen molar-refractivity contribution < 1.29 is 14.6 Å². The third-order valence-corrected chi connectivity index (χ3v) is 2.52. The lowest BCUT2D eigenvalue weighted by Gasteiger charge is -2.12. The lowest BCUT2D eigenvalue weighted by Crippen LogP contribution is -2.28. The van der Waals surface area contributed by atoms with Gasteiger partial charge in [0.05, 0.1) is 13.2 Å². The first-order chi connectivity index (χ1) is 9.17. The number of rotatable bonds is 8. The van der Waals surface area contributed by atoms with E-state index in [4.69, 9.17) is 14.6 Å². The maximum Gasteiger partial charge on any atom is 0.161 e. The minimum atomic E-state index is -0.338. The fourth-order valence-corrected chi connectivity index (χ4v) is 1.64. The molecule has 0 fully saturated rings. The average Bonchev–Trinajstić information content (AvgIpc) is 2.39. The van der Waals surface area contributed by atoms with E-state index in [1.54, 1.807) is 14.0 Å². The Morgan fingerprint density at radius 3 is 2.70 bits per heavy atom. The minimum absolute atomic E-state index is 0. The Bertz CT molecular complexity index is 408. The summed E-state index contributed by atoms with van der Waals surface area (Å²) in [6.45, 7) is 5.51. The van der Waals surface area contributed by atoms with E-state index in [1.807, 2.05) is 37.3 Å². The number of allylic oxidation sites excluding steroid dienone is 1. The van der Waals surface area contributed by atoms with E-state index < -0.39 is 0 Å². The third kappa shape index (κ3) is 6.80. The van der Waals surface area contributed by atoms with Crippen LogP contribution in [-0.4, -0.2) is 38.0 Å². The van der Waals surface area contributed by atoms with Gasteiger partial charge in [-0.05, 0) is 31.5 Å². The van der Waals surface area contributed by atoms with Gasteiger partial charge in [0.1, 0.15) is 6.61 Å². The molecule has 1 unspecified atom stereocenters. The number of aliphatic hydroxyl groups is 1. The third-order valence-electron chi connectivity index (χ3n) is 2.52. The zero-order valence-corrected chi connectivity index (χ0v) is 13.1. The van der Waals surface area contributed by atoms with Crippen LogP contribution >= 0.6 is 12.4 Å². The van der Waals surface area contributed by atoms with Gasteiger partial charge in [0, 0.05) is 13.1 Å². The van der Waals surface area contributed by atoms with Crippen LogP contribution in [0.5, 0.6) is 11.5 Å². The monoisotopic (exact) mass is 301 g/mol. The second-order valence-corrected chi connectivity index (χ2v) is 4.31. The molecule has 5 heteroatoms. The van der Waals surface area contributed by atoms with Gasteiger partial charge < -0.3 is 19.9 Å². The van der Waals surface area contributed by atoms with Crippen molar-refractivity contribution in [2.45, 2.75) is 20.0 Å². The standard InChI is InChI=1S/C15H23NO3.ClH/c1-4-5-13-6-7-14(15(10-13)18-3)19-9-8-16-11-12(2)17;/h4-7,10,12,16-17H,8-9,11H2,1-3H3;1H. The van der Waals surface area contributed by atoms with Crippen LogP contribution in [0.3, 0.4) is 0 Å². The van der Waals surface area contributed by atoms with Crippen LogP contribution < -0.4 is 14.8 Å². The van der Waals surface area contributed by atoms with Crippen LogP contribution in [-0.2, 0) is 0 Å². The lowest BCUT2D eigenvalue weighted by molar-refractivity contribution is 0.187. The second kappa shape index (κ2) is 10.5. The van der Waals surface area contributed by atoms with Gasteiger partial charge in [0.25, 0.3) is 0 Å². The Kier molecular flexibility index (Phi) is 9.90. The number of nitrogens with one attached hydrogen (secondary N) is 1. The molecule has 0 aromatic heterocycles. The molecule has 2 N–H and O–H groups in total. The smallest absolute Gasteiger partial charge is 0.161 e. The highest BCUT2D eigenvalue weighted by Gasteiger charge is 2.04. The lowest BCUT2D eigenvalue weighted by atomic mass is 10.2. The highest BCUT2D eigenvalue weighted by atomic mass is 35.5. The van der Waals surface area contributed by atoms with E-state index in [0.717, 1.165) is 17.1 Å². The number of ether oxygens (including phenoxy) is 2. The molecule has 0 aliphatic rings. The van der Waals surface area contributed by atoms with Crippen molar-refractivity contribution in [3.05, 3.63) is 29.8 Å². The van der Waals surface area contributed by atoms with Gasteiger partial charge >= 0.3 is 0 Å². The van der Waals surface area contributed by atoms with Crippen LogP contribution in [0, 0.1) is 0 Å². The molecule has 1 rings (SSSR count). The van der Waals surface area contributed by atoms with Gasteiger partial charge in [0.15, 0.2) is 11.5 Å². The summed E-state index contributed by atoms with van der Waals surface area (Å²) in [5, 5.41) is 12.2. The molecule has 0 spiro atoms. The molecular weight excluding hydrogens is 278 g/mol. The molecule has 1 aromatic rings. The minimum Gasteiger partial charge on any atom is -0.493 e. The number of halogens is 1. The van der Waals surface area contributed by atoms with Crippen LogP contribution in [0.25, 0.3) is 6.08 Å². The van der Waals surface area contributed by atoms with Crippen molar-refractivity contribution in [3.8, 4) is 11.5 Å². The predicted octanol–water partition coefficient (Wildman–Crippen LogP) is 2.50. The number of benzene rings is 1. The van der Waals surface area contributed by atoms with Crippen LogP contribution in [0.1, 0.15) is 19.4 Å². The highest BCUT2D eigenvalue weighted by molar-refractivity contribution is 5.85. The molecule has 4 nitrogen and oxygen atoms in total. The SMILES string of the molecule is CC=Cc1ccc(OCCNCC(C)O)c(OC)c1.Cl. The molecule has 0 heterocycles. The van der Waals surface area contributed by atoms with Crippen LogP contribution in [0.4, 0.5) is 0 Å². The first kappa shape index (κ1) is 18.8. The molecule has 1 atom stereocenters. The van der Waals surface area contributed by atoms with Crippen LogP contribution in [0.2, 0.25) is 0 Å². The molecule has 0 bridgehead atoms. The van der Waals surface area contributed by atoms with Gasteiger partial charge in [-0.25, -0.2) is 0 Å². The fourth-order valence-electron chi connectivity index (χ4n) is 1.64. The fraction of sp³-hybridized carbons (Fsp3) is 0.467. The second-order valence-electron chi connectivity index (χ2n) is 4.31. The van der Waals surface area contributed by atoms with Crippen molar-refractivity contribution in [2.24, 2.45) is 0 Å². The van der Waals surface area contributed by atoms with E-state index in [1.165, 1.54) is 0 Å². The summed E-state index contributed by atoms with van der Waals surface area (Å²) in [7, 11) is 1.63. The molecule has 0 amide bonds. The zero-order valence-electron chi connectivity index (χ0n) is 12.3. The predicted molar refractivity (Wildman–Crippen MR) is 85.0 cm³/mol. The first-order valence-corrected chi connectivity index (χ1v) is 6.49. The Morgan fingerprint density at radius 1 is 1.35 bits per heavy atom. The molecule has 0 aliphatic heterocycles. The van der Waals surface area contributed by atoms with Crippen molar-refractivity contribution in [1.29, 1.82) is 0 Å². The van der Waals surface area contributed by atoms with E-state index in [-0.39, 0.29) is 18.5 Å². The van der Waals surface area contributed by atoms with Crippen molar-refractivity contribution in [3.63, 3.8) is 0 Å². The molecule has 0 saturated carbocycles. The largest absolute Gasteiger partial charge is 0.493 e. The maximum absolute atomic E-state index is 9.10. The van der Waals surface area contributed by atoms with Gasteiger partial charge in [-0.2, -0.15) is 0 Å². The Labute approximate surface area is 127 Å². The Hall–Kier alpha value is -1.23. The number of aliphatic hydroxyl groups excluding tert-OH is 1. The van der Waals surface area contributed by atoms with Gasteiger partial charge in [-0.1, -0.05) is 18.2 Å². The summed E-state index contributed by atoms with van der Waals surface area (Å²) in [6.07, 6.45) is 3.65. The number of hydrogen-bond donors (Lipinski definition) is 2. The number of methoxy groups -OCH3 is 1. The maximum atomic E-state index is 9.10. The molecule has 1 aromatic carbocycles. The van der Waals surface area contributed by atoms with Crippen LogP contribution in [0.15, 0.2) is 24.3 Å². The van der Waals surface area contributed by atoms with Gasteiger partial charge in [-0.15, -0.1) is 12.4 Å². The molecule has 0 saturated heterocycles. The summed E-state index contributed by atoms with van der Waals surface area (Å²) < 4.78 is 11.0. The summed E-state index contributed by atoms with van der Waals surface area (Å²) in [5.74, 6) is 1.46. The normalized spacial score (nSPS) is 12.0. The Balaban J connectivity index is 0.00000361. The number of hydrogen-bond acceptors (Lipinski definition) is 4. The van der Waals surface area contributed by atoms with Gasteiger partial charge in [0.2, 0.25) is 0 Å². The molecule has 114 valence electrons. The summed E-state index contributed by atoms with van der Waals surface area (Å²) >= 11 is 0. The topological polar surface area (TPSA) is 50.7 Å². The van der Waals surface area contributed by atoms with Crippen molar-refractivity contribution in [1.82, 2.24) is 5.32 Å². The average molecular weight is 302 g/mol. The van der Waals surface area contributed by atoms with Crippen molar-refractivity contribution >= 4 is 18.5 Å². The summed E-state index contributed by atoms with van der Waals surface area (Å²) in [6, 6.07) is 5.84. The summed E-state index contributed by atoms with van der Waals surface area (Å²) in [5.41, 5.74) is 1.08. The van der Waals surface area contributed by atoms with Crippen molar-refractivity contribution in [2.75, 3.05) is 26.8 Å². The van der Waals surface area contributed by atoms with E-state index in [2.05, 4.69) is 5.32 Å². The molecular formula is C15H24ClNO3. The first-order valence-electron chi connectivity index (χ1n) is 6.49. The zero-order chi connectivity index (χ0) is 14.1.